The van der Waals surface area contributed by atoms with Crippen molar-refractivity contribution in [1.82, 2.24) is 5.01 Å². The number of fused-ring (bicyclic) bond motifs is 1. The lowest BCUT2D eigenvalue weighted by molar-refractivity contribution is -0.135. The zero-order chi connectivity index (χ0) is 20.5. The summed E-state index contributed by atoms with van der Waals surface area (Å²) in [6.45, 7) is 2.72. The SMILES string of the molecule is CC(=O)Oc1ccc2ccccc2c1C1=NN(C(C)=O)[C@@H](c2ccccc2Cl)O1. The molecule has 0 spiro atoms. The lowest BCUT2D eigenvalue weighted by Crippen LogP contribution is -2.25. The maximum absolute atomic E-state index is 12.3. The quantitative estimate of drug-likeness (QED) is 0.467. The molecule has 146 valence electrons. The van der Waals surface area contributed by atoms with Crippen LogP contribution in [0.15, 0.2) is 65.8 Å². The molecular weight excluding hydrogens is 392 g/mol. The van der Waals surface area contributed by atoms with Crippen LogP contribution in [0.4, 0.5) is 0 Å². The number of benzene rings is 3. The van der Waals surface area contributed by atoms with Crippen molar-refractivity contribution in [2.75, 3.05) is 0 Å². The first-order valence-electron chi connectivity index (χ1n) is 8.95. The molecule has 1 aliphatic rings. The van der Waals surface area contributed by atoms with E-state index in [2.05, 4.69) is 5.10 Å². The maximum atomic E-state index is 12.3. The van der Waals surface area contributed by atoms with E-state index in [1.54, 1.807) is 24.3 Å². The summed E-state index contributed by atoms with van der Waals surface area (Å²) in [6, 6.07) is 18.2. The van der Waals surface area contributed by atoms with E-state index in [4.69, 9.17) is 21.1 Å². The molecule has 0 aliphatic carbocycles. The Morgan fingerprint density at radius 1 is 1.03 bits per heavy atom. The van der Waals surface area contributed by atoms with Gasteiger partial charge in [-0.1, -0.05) is 60.1 Å². The molecule has 6 nitrogen and oxygen atoms in total. The molecule has 1 amide bonds. The van der Waals surface area contributed by atoms with Gasteiger partial charge in [-0.25, -0.2) is 0 Å². The van der Waals surface area contributed by atoms with Crippen molar-refractivity contribution in [1.29, 1.82) is 0 Å². The van der Waals surface area contributed by atoms with Gasteiger partial charge in [-0.05, 0) is 22.9 Å². The second-order valence-corrected chi connectivity index (χ2v) is 6.92. The van der Waals surface area contributed by atoms with Gasteiger partial charge < -0.3 is 9.47 Å². The highest BCUT2D eigenvalue weighted by atomic mass is 35.5. The number of esters is 1. The summed E-state index contributed by atoms with van der Waals surface area (Å²) in [5.41, 5.74) is 1.11. The molecular formula is C22H17ClN2O4. The summed E-state index contributed by atoms with van der Waals surface area (Å²) in [4.78, 5) is 23.9. The van der Waals surface area contributed by atoms with Crippen LogP contribution in [-0.4, -0.2) is 22.8 Å². The van der Waals surface area contributed by atoms with Gasteiger partial charge in [-0.3, -0.25) is 9.59 Å². The monoisotopic (exact) mass is 408 g/mol. The highest BCUT2D eigenvalue weighted by molar-refractivity contribution is 6.31. The van der Waals surface area contributed by atoms with Crippen LogP contribution >= 0.6 is 11.6 Å². The highest BCUT2D eigenvalue weighted by Gasteiger charge is 2.36. The number of nitrogens with zero attached hydrogens (tertiary/aromatic N) is 2. The zero-order valence-electron chi connectivity index (χ0n) is 15.8. The first kappa shape index (κ1) is 19.0. The lowest BCUT2D eigenvalue weighted by atomic mass is 10.0. The fourth-order valence-corrected chi connectivity index (χ4v) is 3.49. The molecule has 0 saturated carbocycles. The van der Waals surface area contributed by atoms with Gasteiger partial charge in [0.05, 0.1) is 5.56 Å². The minimum atomic E-state index is -0.819. The van der Waals surface area contributed by atoms with Gasteiger partial charge in [0, 0.05) is 24.4 Å². The van der Waals surface area contributed by atoms with E-state index in [9.17, 15) is 9.59 Å². The molecule has 29 heavy (non-hydrogen) atoms. The lowest BCUT2D eigenvalue weighted by Gasteiger charge is -2.20. The van der Waals surface area contributed by atoms with Gasteiger partial charge in [-0.15, -0.1) is 5.10 Å². The van der Waals surface area contributed by atoms with Crippen LogP contribution in [0.25, 0.3) is 10.8 Å². The van der Waals surface area contributed by atoms with Gasteiger partial charge in [0.1, 0.15) is 5.75 Å². The fourth-order valence-electron chi connectivity index (χ4n) is 3.26. The highest BCUT2D eigenvalue weighted by Crippen LogP contribution is 2.38. The molecule has 0 unspecified atom stereocenters. The van der Waals surface area contributed by atoms with E-state index in [1.165, 1.54) is 18.9 Å². The van der Waals surface area contributed by atoms with Crippen molar-refractivity contribution in [3.05, 3.63) is 76.8 Å². The van der Waals surface area contributed by atoms with Gasteiger partial charge in [-0.2, -0.15) is 5.01 Å². The summed E-state index contributed by atoms with van der Waals surface area (Å²) < 4.78 is 11.5. The third-order valence-electron chi connectivity index (χ3n) is 4.50. The van der Waals surface area contributed by atoms with Gasteiger partial charge in [0.2, 0.25) is 18.0 Å². The van der Waals surface area contributed by atoms with Crippen molar-refractivity contribution in [2.24, 2.45) is 5.10 Å². The molecule has 3 aromatic carbocycles. The van der Waals surface area contributed by atoms with E-state index in [0.717, 1.165) is 10.8 Å². The first-order chi connectivity index (χ1) is 14.0. The summed E-state index contributed by atoms with van der Waals surface area (Å²) in [7, 11) is 0. The van der Waals surface area contributed by atoms with Crippen LogP contribution in [0, 0.1) is 0 Å². The average molecular weight is 409 g/mol. The normalized spacial score (nSPS) is 15.8. The number of carbonyl (C=O) groups is 2. The standard InChI is InChI=1S/C22H17ClN2O4/c1-13(26)25-22(17-9-5-6-10-18(17)23)29-21(24-25)20-16-8-4-3-7-15(16)11-12-19(20)28-14(2)27/h3-12,22H,1-2H3/t22-/m1/s1. The number of carbonyl (C=O) groups excluding carboxylic acids is 2. The molecule has 1 heterocycles. The number of rotatable bonds is 3. The number of ether oxygens (including phenoxy) is 2. The molecule has 0 aromatic heterocycles. The van der Waals surface area contributed by atoms with Crippen molar-refractivity contribution < 1.29 is 19.1 Å². The van der Waals surface area contributed by atoms with E-state index in [0.29, 0.717) is 21.9 Å². The third-order valence-corrected chi connectivity index (χ3v) is 4.84. The molecule has 0 N–H and O–H groups in total. The van der Waals surface area contributed by atoms with Crippen LogP contribution in [0.1, 0.15) is 31.2 Å². The third kappa shape index (κ3) is 3.54. The number of hydrogen-bond donors (Lipinski definition) is 0. The smallest absolute Gasteiger partial charge is 0.308 e. The average Bonchev–Trinajstić information content (AvgIpc) is 3.12. The second kappa shape index (κ2) is 7.56. The number of hydrogen-bond acceptors (Lipinski definition) is 5. The van der Waals surface area contributed by atoms with Crippen LogP contribution in [0.5, 0.6) is 5.75 Å². The van der Waals surface area contributed by atoms with Crippen LogP contribution < -0.4 is 4.74 Å². The van der Waals surface area contributed by atoms with Crippen LogP contribution in [0.2, 0.25) is 5.02 Å². The predicted molar refractivity (Wildman–Crippen MR) is 110 cm³/mol. The fraction of sp³-hybridized carbons (Fsp3) is 0.136. The molecule has 0 radical (unpaired) electrons. The summed E-state index contributed by atoms with van der Waals surface area (Å²) in [5.74, 6) is -0.290. The Labute approximate surface area is 172 Å². The molecule has 7 heteroatoms. The van der Waals surface area contributed by atoms with Crippen molar-refractivity contribution in [2.45, 2.75) is 20.1 Å². The number of amides is 1. The molecule has 0 bridgehead atoms. The van der Waals surface area contributed by atoms with Gasteiger partial charge >= 0.3 is 5.97 Å². The Balaban J connectivity index is 1.87. The minimum Gasteiger partial charge on any atom is -0.445 e. The summed E-state index contributed by atoms with van der Waals surface area (Å²) >= 11 is 6.32. The predicted octanol–water partition coefficient (Wildman–Crippen LogP) is 4.66. The Morgan fingerprint density at radius 3 is 2.48 bits per heavy atom. The Hall–Kier alpha value is -3.38. The molecule has 3 aromatic rings. The molecule has 1 atom stereocenters. The van der Waals surface area contributed by atoms with E-state index >= 15 is 0 Å². The maximum Gasteiger partial charge on any atom is 0.308 e. The van der Waals surface area contributed by atoms with Crippen molar-refractivity contribution >= 4 is 40.1 Å². The largest absolute Gasteiger partial charge is 0.445 e. The van der Waals surface area contributed by atoms with Crippen LogP contribution in [0.3, 0.4) is 0 Å². The van der Waals surface area contributed by atoms with E-state index in [1.807, 2.05) is 36.4 Å². The Morgan fingerprint density at radius 2 is 1.76 bits per heavy atom. The first-order valence-corrected chi connectivity index (χ1v) is 9.33. The van der Waals surface area contributed by atoms with Crippen molar-refractivity contribution in [3.63, 3.8) is 0 Å². The van der Waals surface area contributed by atoms with Crippen LogP contribution in [-0.2, 0) is 14.3 Å². The zero-order valence-corrected chi connectivity index (χ0v) is 16.5. The Kier molecular flexibility index (Phi) is 4.94. The summed E-state index contributed by atoms with van der Waals surface area (Å²) in [5, 5.41) is 7.79. The summed E-state index contributed by atoms with van der Waals surface area (Å²) in [6.07, 6.45) is -0.819. The van der Waals surface area contributed by atoms with E-state index in [-0.39, 0.29) is 11.8 Å². The minimum absolute atomic E-state index is 0.179. The number of hydrazone groups is 1. The molecule has 0 saturated heterocycles. The van der Waals surface area contributed by atoms with E-state index < -0.39 is 12.2 Å². The molecule has 1 aliphatic heterocycles. The number of halogens is 1. The molecule has 0 fully saturated rings. The van der Waals surface area contributed by atoms with Gasteiger partial charge in [0.15, 0.2) is 0 Å². The topological polar surface area (TPSA) is 68.2 Å². The Bertz CT molecular complexity index is 1160. The molecule has 4 rings (SSSR count). The van der Waals surface area contributed by atoms with Crippen molar-refractivity contribution in [3.8, 4) is 5.75 Å². The van der Waals surface area contributed by atoms with Gasteiger partial charge in [0.25, 0.3) is 0 Å². The second-order valence-electron chi connectivity index (χ2n) is 6.51.